The van der Waals surface area contributed by atoms with E-state index in [9.17, 15) is 13.2 Å². The molecule has 7 nitrogen and oxygen atoms in total. The lowest BCUT2D eigenvalue weighted by molar-refractivity contribution is 0.0916. The summed E-state index contributed by atoms with van der Waals surface area (Å²) >= 11 is 0. The minimum Gasteiger partial charge on any atom is -0.346 e. The summed E-state index contributed by atoms with van der Waals surface area (Å²) in [5.74, 6) is -0.316. The molecule has 1 aromatic carbocycles. The monoisotopic (exact) mass is 396 g/mol. The van der Waals surface area contributed by atoms with Gasteiger partial charge < -0.3 is 5.32 Å². The molecule has 1 N–H and O–H groups in total. The highest BCUT2D eigenvalue weighted by Gasteiger charge is 2.40. The molecular weight excluding hydrogens is 376 g/mol. The van der Waals surface area contributed by atoms with E-state index in [4.69, 9.17) is 0 Å². The van der Waals surface area contributed by atoms with Crippen molar-refractivity contribution in [2.24, 2.45) is 0 Å². The smallest absolute Gasteiger partial charge is 0.255 e. The molecule has 0 unspecified atom stereocenters. The zero-order valence-corrected chi connectivity index (χ0v) is 16.2. The number of carbonyl (C=O) groups excluding carboxylic acids is 1. The van der Waals surface area contributed by atoms with Gasteiger partial charge in [0.25, 0.3) is 5.91 Å². The van der Waals surface area contributed by atoms with E-state index in [-0.39, 0.29) is 17.4 Å². The van der Waals surface area contributed by atoms with Crippen molar-refractivity contribution < 1.29 is 13.2 Å². The van der Waals surface area contributed by atoms with Crippen LogP contribution in [0.25, 0.3) is 16.9 Å². The number of aromatic nitrogens is 3. The van der Waals surface area contributed by atoms with Crippen molar-refractivity contribution in [1.29, 1.82) is 0 Å². The number of pyridine rings is 1. The van der Waals surface area contributed by atoms with Crippen LogP contribution in [0, 0.1) is 0 Å². The number of amides is 1. The van der Waals surface area contributed by atoms with E-state index in [0.717, 1.165) is 5.69 Å². The summed E-state index contributed by atoms with van der Waals surface area (Å²) in [4.78, 5) is 17.2. The van der Waals surface area contributed by atoms with Crippen LogP contribution in [0.4, 0.5) is 0 Å². The standard InChI is InChI=1S/C20H20N4O3S/c1-20(9-11-28(26,27)14-20)22-19(25)17-13-24(16-7-3-2-4-8-16)23-18(17)15-6-5-10-21-12-15/h2-8,10,12-13H,9,11,14H2,1H3,(H,22,25)/t20-/m1/s1. The molecular formula is C20H20N4O3S. The fourth-order valence-electron chi connectivity index (χ4n) is 3.42. The van der Waals surface area contributed by atoms with Gasteiger partial charge in [-0.1, -0.05) is 18.2 Å². The van der Waals surface area contributed by atoms with Crippen LogP contribution in [0.2, 0.25) is 0 Å². The van der Waals surface area contributed by atoms with Gasteiger partial charge in [-0.2, -0.15) is 5.10 Å². The van der Waals surface area contributed by atoms with E-state index in [0.29, 0.717) is 23.2 Å². The Morgan fingerprint density at radius 3 is 2.61 bits per heavy atom. The number of nitrogens with one attached hydrogen (secondary N) is 1. The summed E-state index contributed by atoms with van der Waals surface area (Å²) in [6, 6.07) is 13.1. The average molecular weight is 396 g/mol. The van der Waals surface area contributed by atoms with Gasteiger partial charge in [-0.25, -0.2) is 13.1 Å². The van der Waals surface area contributed by atoms with Crippen LogP contribution in [0.1, 0.15) is 23.7 Å². The maximum Gasteiger partial charge on any atom is 0.255 e. The SMILES string of the molecule is C[C@@]1(NC(=O)c2cn(-c3ccccc3)nc2-c2cccnc2)CCS(=O)(=O)C1. The second-order valence-electron chi connectivity index (χ2n) is 7.27. The van der Waals surface area contributed by atoms with Gasteiger partial charge in [0.1, 0.15) is 5.69 Å². The molecule has 4 rings (SSSR count). The van der Waals surface area contributed by atoms with Crippen molar-refractivity contribution in [3.8, 4) is 16.9 Å². The molecule has 1 amide bonds. The third-order valence-corrected chi connectivity index (χ3v) is 6.74. The highest BCUT2D eigenvalue weighted by molar-refractivity contribution is 7.91. The number of benzene rings is 1. The molecule has 2 aromatic heterocycles. The Labute approximate surface area is 163 Å². The Morgan fingerprint density at radius 1 is 1.18 bits per heavy atom. The number of hydrogen-bond acceptors (Lipinski definition) is 5. The lowest BCUT2D eigenvalue weighted by Gasteiger charge is -2.23. The predicted molar refractivity (Wildman–Crippen MR) is 106 cm³/mol. The van der Waals surface area contributed by atoms with Crippen LogP contribution in [0.5, 0.6) is 0 Å². The van der Waals surface area contributed by atoms with Crippen LogP contribution in [0.15, 0.2) is 61.1 Å². The molecule has 28 heavy (non-hydrogen) atoms. The molecule has 0 saturated carbocycles. The zero-order chi connectivity index (χ0) is 19.8. The first-order chi connectivity index (χ1) is 13.4. The number of nitrogens with zero attached hydrogens (tertiary/aromatic N) is 3. The molecule has 3 heterocycles. The third-order valence-electron chi connectivity index (χ3n) is 4.83. The summed E-state index contributed by atoms with van der Waals surface area (Å²) < 4.78 is 25.4. The van der Waals surface area contributed by atoms with Crippen molar-refractivity contribution in [3.63, 3.8) is 0 Å². The summed E-state index contributed by atoms with van der Waals surface area (Å²) in [7, 11) is -3.13. The molecule has 0 bridgehead atoms. The van der Waals surface area contributed by atoms with Crippen molar-refractivity contribution in [2.75, 3.05) is 11.5 Å². The van der Waals surface area contributed by atoms with E-state index in [2.05, 4.69) is 15.4 Å². The van der Waals surface area contributed by atoms with Gasteiger partial charge in [-0.05, 0) is 37.6 Å². The fraction of sp³-hybridized carbons (Fsp3) is 0.250. The number of carbonyl (C=O) groups is 1. The first-order valence-electron chi connectivity index (χ1n) is 8.94. The van der Waals surface area contributed by atoms with Crippen molar-refractivity contribution >= 4 is 15.7 Å². The quantitative estimate of drug-likeness (QED) is 0.730. The summed E-state index contributed by atoms with van der Waals surface area (Å²) in [5.41, 5.74) is 1.63. The molecule has 0 radical (unpaired) electrons. The van der Waals surface area contributed by atoms with Gasteiger partial charge in [0, 0.05) is 24.2 Å². The Morgan fingerprint density at radius 2 is 1.96 bits per heavy atom. The van der Waals surface area contributed by atoms with Crippen molar-refractivity contribution in [3.05, 3.63) is 66.6 Å². The van der Waals surface area contributed by atoms with Gasteiger partial charge in [0.05, 0.1) is 28.3 Å². The number of rotatable bonds is 4. The summed E-state index contributed by atoms with van der Waals surface area (Å²) in [5, 5.41) is 7.51. The lowest BCUT2D eigenvalue weighted by atomic mass is 10.0. The van der Waals surface area contributed by atoms with Gasteiger partial charge in [-0.15, -0.1) is 0 Å². The Hall–Kier alpha value is -3.00. The van der Waals surface area contributed by atoms with Crippen molar-refractivity contribution in [2.45, 2.75) is 18.9 Å². The first-order valence-corrected chi connectivity index (χ1v) is 10.8. The first kappa shape index (κ1) is 18.4. The van der Waals surface area contributed by atoms with Gasteiger partial charge in [-0.3, -0.25) is 9.78 Å². The average Bonchev–Trinajstić information content (AvgIpc) is 3.24. The normalized spacial score (nSPS) is 20.8. The Bertz CT molecular complexity index is 1110. The van der Waals surface area contributed by atoms with Crippen LogP contribution < -0.4 is 5.32 Å². The van der Waals surface area contributed by atoms with Gasteiger partial charge in [0.2, 0.25) is 0 Å². The molecule has 144 valence electrons. The maximum atomic E-state index is 13.1. The van der Waals surface area contributed by atoms with Crippen LogP contribution in [-0.4, -0.2) is 46.1 Å². The number of para-hydroxylation sites is 1. The molecule has 3 aromatic rings. The molecule has 1 aliphatic rings. The number of hydrogen-bond donors (Lipinski definition) is 1. The van der Waals surface area contributed by atoms with E-state index in [1.165, 1.54) is 0 Å². The highest BCUT2D eigenvalue weighted by atomic mass is 32.2. The van der Waals surface area contributed by atoms with Crippen LogP contribution in [0.3, 0.4) is 0 Å². The predicted octanol–water partition coefficient (Wildman–Crippen LogP) is 2.24. The van der Waals surface area contributed by atoms with E-state index >= 15 is 0 Å². The second kappa shape index (κ2) is 6.87. The lowest BCUT2D eigenvalue weighted by Crippen LogP contribution is -2.47. The molecule has 1 saturated heterocycles. The van der Waals surface area contributed by atoms with Crippen molar-refractivity contribution in [1.82, 2.24) is 20.1 Å². The van der Waals surface area contributed by atoms with Gasteiger partial charge >= 0.3 is 0 Å². The molecule has 0 aliphatic carbocycles. The maximum absolute atomic E-state index is 13.1. The number of sulfone groups is 1. The Kier molecular flexibility index (Phi) is 4.50. The molecule has 8 heteroatoms. The van der Waals surface area contributed by atoms with E-state index < -0.39 is 15.4 Å². The summed E-state index contributed by atoms with van der Waals surface area (Å²) in [6.07, 6.45) is 5.37. The Balaban J connectivity index is 1.73. The largest absolute Gasteiger partial charge is 0.346 e. The second-order valence-corrected chi connectivity index (χ2v) is 9.45. The molecule has 1 aliphatic heterocycles. The minimum atomic E-state index is -3.13. The van der Waals surface area contributed by atoms with Gasteiger partial charge in [0.15, 0.2) is 9.84 Å². The highest BCUT2D eigenvalue weighted by Crippen LogP contribution is 2.26. The molecule has 1 fully saturated rings. The topological polar surface area (TPSA) is 93.9 Å². The van der Waals surface area contributed by atoms with E-state index in [1.54, 1.807) is 36.3 Å². The fourth-order valence-corrected chi connectivity index (χ4v) is 5.51. The van der Waals surface area contributed by atoms with E-state index in [1.807, 2.05) is 36.4 Å². The van der Waals surface area contributed by atoms with Crippen LogP contribution in [-0.2, 0) is 9.84 Å². The zero-order valence-electron chi connectivity index (χ0n) is 15.4. The third kappa shape index (κ3) is 3.68. The minimum absolute atomic E-state index is 0.0548. The van der Waals surface area contributed by atoms with Crippen LogP contribution >= 0.6 is 0 Å². The molecule has 1 atom stereocenters. The summed E-state index contributed by atoms with van der Waals surface area (Å²) in [6.45, 7) is 1.76. The molecule has 0 spiro atoms.